The Hall–Kier alpha value is -1.42. The molecule has 0 amide bonds. The summed E-state index contributed by atoms with van der Waals surface area (Å²) in [6.07, 6.45) is 1.81. The Morgan fingerprint density at radius 3 is 3.25 bits per heavy atom. The van der Waals surface area contributed by atoms with Crippen LogP contribution in [-0.2, 0) is 0 Å². The first-order chi connectivity index (χ1) is 5.95. The molecule has 0 aliphatic heterocycles. The minimum absolute atomic E-state index is 1.02. The summed E-state index contributed by atoms with van der Waals surface area (Å²) >= 11 is 1.54. The topological polar surface area (TPSA) is 41.6 Å². The molecule has 0 spiro atoms. The molecule has 3 rings (SSSR count). The van der Waals surface area contributed by atoms with E-state index in [9.17, 15) is 0 Å². The highest BCUT2D eigenvalue weighted by molar-refractivity contribution is 7.13. The van der Waals surface area contributed by atoms with Crippen LogP contribution in [0.3, 0.4) is 0 Å². The van der Waals surface area contributed by atoms with E-state index in [1.165, 1.54) is 4.70 Å². The first-order valence-electron chi connectivity index (χ1n) is 3.62. The van der Waals surface area contributed by atoms with Crippen molar-refractivity contribution in [3.63, 3.8) is 0 Å². The van der Waals surface area contributed by atoms with E-state index in [0.29, 0.717) is 0 Å². The van der Waals surface area contributed by atoms with Crippen LogP contribution in [0.15, 0.2) is 24.4 Å². The van der Waals surface area contributed by atoms with E-state index in [2.05, 4.69) is 14.6 Å². The summed E-state index contributed by atoms with van der Waals surface area (Å²) in [6.45, 7) is 0. The van der Waals surface area contributed by atoms with Crippen molar-refractivity contribution in [2.45, 2.75) is 0 Å². The molecule has 3 nitrogen and oxygen atoms in total. The number of aromatic amines is 1. The molecular weight excluding hydrogens is 170 g/mol. The Balaban J connectivity index is 2.71. The molecule has 2 heterocycles. The zero-order valence-electron chi connectivity index (χ0n) is 6.11. The molecule has 58 valence electrons. The third-order valence-electron chi connectivity index (χ3n) is 1.92. The van der Waals surface area contributed by atoms with Crippen LogP contribution in [-0.4, -0.2) is 14.6 Å². The number of aromatic nitrogens is 3. The molecule has 4 heteroatoms. The number of benzene rings is 1. The molecule has 0 aliphatic carbocycles. The molecule has 0 atom stereocenters. The van der Waals surface area contributed by atoms with Gasteiger partial charge in [0, 0.05) is 11.6 Å². The average Bonchev–Trinajstić information content (AvgIpc) is 2.71. The minimum atomic E-state index is 1.02. The number of hydrogen-bond acceptors (Lipinski definition) is 3. The van der Waals surface area contributed by atoms with Gasteiger partial charge in [0.15, 0.2) is 0 Å². The molecule has 0 unspecified atom stereocenters. The van der Waals surface area contributed by atoms with Crippen LogP contribution in [0.2, 0.25) is 0 Å². The first kappa shape index (κ1) is 6.14. The third-order valence-corrected chi connectivity index (χ3v) is 2.66. The maximum absolute atomic E-state index is 4.20. The van der Waals surface area contributed by atoms with Gasteiger partial charge in [-0.3, -0.25) is 4.98 Å². The number of fused-ring (bicyclic) bond motifs is 3. The quantitative estimate of drug-likeness (QED) is 0.569. The molecule has 0 bridgehead atoms. The molecule has 1 N–H and O–H groups in total. The Kier molecular flexibility index (Phi) is 1.04. The molecule has 0 aliphatic rings. The van der Waals surface area contributed by atoms with Crippen molar-refractivity contribution >= 4 is 32.7 Å². The lowest BCUT2D eigenvalue weighted by Crippen LogP contribution is -1.70. The van der Waals surface area contributed by atoms with Crippen LogP contribution in [0.4, 0.5) is 0 Å². The van der Waals surface area contributed by atoms with Gasteiger partial charge in [0.05, 0.1) is 10.2 Å². The zero-order valence-corrected chi connectivity index (χ0v) is 6.93. The van der Waals surface area contributed by atoms with Crippen LogP contribution >= 0.6 is 11.5 Å². The van der Waals surface area contributed by atoms with Gasteiger partial charge in [0.25, 0.3) is 0 Å². The molecule has 2 aromatic heterocycles. The Bertz CT molecular complexity index is 487. The monoisotopic (exact) mass is 175 g/mol. The van der Waals surface area contributed by atoms with E-state index in [1.54, 1.807) is 11.5 Å². The van der Waals surface area contributed by atoms with Crippen LogP contribution in [0.5, 0.6) is 0 Å². The molecule has 0 fully saturated rings. The molecule has 0 radical (unpaired) electrons. The molecule has 1 aromatic carbocycles. The van der Waals surface area contributed by atoms with Gasteiger partial charge in [-0.2, -0.15) is 5.10 Å². The zero-order chi connectivity index (χ0) is 7.97. The van der Waals surface area contributed by atoms with Gasteiger partial charge in [0.1, 0.15) is 5.52 Å². The lowest BCUT2D eigenvalue weighted by molar-refractivity contribution is 1.20. The second-order valence-corrected chi connectivity index (χ2v) is 3.42. The highest BCUT2D eigenvalue weighted by atomic mass is 32.1. The van der Waals surface area contributed by atoms with Gasteiger partial charge in [-0.05, 0) is 29.7 Å². The molecule has 3 aromatic rings. The first-order valence-corrected chi connectivity index (χ1v) is 4.44. The van der Waals surface area contributed by atoms with Gasteiger partial charge < -0.3 is 0 Å². The second kappa shape index (κ2) is 2.04. The van der Waals surface area contributed by atoms with Crippen molar-refractivity contribution in [2.24, 2.45) is 0 Å². The normalized spacial score (nSPS) is 11.3. The largest absolute Gasteiger partial charge is 0.256 e. The van der Waals surface area contributed by atoms with Crippen molar-refractivity contribution in [2.75, 3.05) is 0 Å². The fraction of sp³-hybridized carbons (Fsp3) is 0. The van der Waals surface area contributed by atoms with Crippen LogP contribution < -0.4 is 0 Å². The van der Waals surface area contributed by atoms with E-state index in [1.807, 2.05) is 24.4 Å². The van der Waals surface area contributed by atoms with E-state index < -0.39 is 0 Å². The molecule has 0 saturated heterocycles. The summed E-state index contributed by atoms with van der Waals surface area (Å²) in [6, 6.07) is 6.05. The number of rotatable bonds is 0. The summed E-state index contributed by atoms with van der Waals surface area (Å²) in [5, 5.41) is 5.30. The van der Waals surface area contributed by atoms with Crippen molar-refractivity contribution in [3.8, 4) is 0 Å². The number of nitrogens with one attached hydrogen (secondary N) is 1. The summed E-state index contributed by atoms with van der Waals surface area (Å²) in [5.74, 6) is 0. The number of hydrogen-bond donors (Lipinski definition) is 1. The highest BCUT2D eigenvalue weighted by Crippen LogP contribution is 2.24. The van der Waals surface area contributed by atoms with Crippen LogP contribution in [0.1, 0.15) is 0 Å². The Labute approximate surface area is 72.2 Å². The van der Waals surface area contributed by atoms with Crippen molar-refractivity contribution in [3.05, 3.63) is 24.4 Å². The maximum Gasteiger partial charge on any atom is 0.112 e. The van der Waals surface area contributed by atoms with Crippen LogP contribution in [0.25, 0.3) is 21.1 Å². The lowest BCUT2D eigenvalue weighted by Gasteiger charge is -1.87. The summed E-state index contributed by atoms with van der Waals surface area (Å²) < 4.78 is 4.06. The third kappa shape index (κ3) is 0.648. The van der Waals surface area contributed by atoms with Crippen molar-refractivity contribution < 1.29 is 0 Å². The summed E-state index contributed by atoms with van der Waals surface area (Å²) in [7, 11) is 0. The SMILES string of the molecule is c1cc2c(ccc3s[nH]nc32)n1. The molecule has 0 saturated carbocycles. The predicted octanol–water partition coefficient (Wildman–Crippen LogP) is 2.17. The summed E-state index contributed by atoms with van der Waals surface area (Å²) in [4.78, 5) is 4.20. The number of nitrogens with zero attached hydrogens (tertiary/aromatic N) is 2. The van der Waals surface area contributed by atoms with E-state index in [0.717, 1.165) is 16.4 Å². The standard InChI is InChI=1S/C8H5N3S/c1-2-7-8(10-11-12-7)5-3-4-9-6(1)5/h1-4,11H. The maximum atomic E-state index is 4.20. The van der Waals surface area contributed by atoms with Crippen molar-refractivity contribution in [1.82, 2.24) is 14.6 Å². The van der Waals surface area contributed by atoms with E-state index in [4.69, 9.17) is 0 Å². The molecular formula is C8H5N3S. The summed E-state index contributed by atoms with van der Waals surface area (Å²) in [5.41, 5.74) is 2.04. The fourth-order valence-electron chi connectivity index (χ4n) is 1.36. The van der Waals surface area contributed by atoms with Crippen molar-refractivity contribution in [1.29, 1.82) is 0 Å². The fourth-order valence-corrected chi connectivity index (χ4v) is 1.99. The Morgan fingerprint density at radius 1 is 1.25 bits per heavy atom. The minimum Gasteiger partial charge on any atom is -0.256 e. The van der Waals surface area contributed by atoms with Crippen LogP contribution in [0, 0.1) is 0 Å². The Morgan fingerprint density at radius 2 is 2.25 bits per heavy atom. The van der Waals surface area contributed by atoms with Gasteiger partial charge >= 0.3 is 0 Å². The van der Waals surface area contributed by atoms with Gasteiger partial charge in [-0.25, -0.2) is 4.49 Å². The second-order valence-electron chi connectivity index (χ2n) is 2.60. The van der Waals surface area contributed by atoms with E-state index in [-0.39, 0.29) is 0 Å². The lowest BCUT2D eigenvalue weighted by atomic mass is 10.2. The van der Waals surface area contributed by atoms with Gasteiger partial charge in [0.2, 0.25) is 0 Å². The highest BCUT2D eigenvalue weighted by Gasteiger charge is 2.03. The smallest absolute Gasteiger partial charge is 0.112 e. The predicted molar refractivity (Wildman–Crippen MR) is 49.3 cm³/mol. The van der Waals surface area contributed by atoms with Gasteiger partial charge in [-0.15, -0.1) is 0 Å². The van der Waals surface area contributed by atoms with Gasteiger partial charge in [-0.1, -0.05) is 0 Å². The average molecular weight is 175 g/mol. The molecule has 12 heavy (non-hydrogen) atoms. The van der Waals surface area contributed by atoms with E-state index >= 15 is 0 Å². The number of H-pyrrole nitrogens is 1.